The second-order valence-electron chi connectivity index (χ2n) is 5.94. The van der Waals surface area contributed by atoms with Crippen LogP contribution in [0.5, 0.6) is 5.75 Å². The predicted molar refractivity (Wildman–Crippen MR) is 80.4 cm³/mol. The number of rotatable bonds is 4. The minimum absolute atomic E-state index is 0.483. The van der Waals surface area contributed by atoms with E-state index < -0.39 is 0 Å². The molecular formula is C17H27NO. The lowest BCUT2D eigenvalue weighted by atomic mass is 9.96. The Hall–Kier alpha value is -1.02. The average Bonchev–Trinajstić information content (AvgIpc) is 2.61. The molecule has 0 radical (unpaired) electrons. The van der Waals surface area contributed by atoms with Crippen molar-refractivity contribution >= 4 is 0 Å². The van der Waals surface area contributed by atoms with E-state index in [4.69, 9.17) is 0 Å². The lowest BCUT2D eigenvalue weighted by Crippen LogP contribution is -2.24. The molecule has 2 nitrogen and oxygen atoms in total. The van der Waals surface area contributed by atoms with Crippen molar-refractivity contribution < 1.29 is 5.11 Å². The first-order valence-corrected chi connectivity index (χ1v) is 7.70. The van der Waals surface area contributed by atoms with E-state index in [1.807, 2.05) is 19.1 Å². The lowest BCUT2D eigenvalue weighted by Gasteiger charge is -2.21. The maximum Gasteiger partial charge on any atom is 0.122 e. The number of nitrogens with zero attached hydrogens (tertiary/aromatic N) is 1. The lowest BCUT2D eigenvalue weighted by molar-refractivity contribution is 0.267. The molecule has 2 rings (SSSR count). The van der Waals surface area contributed by atoms with E-state index in [1.165, 1.54) is 45.2 Å². The number of hydrogen-bond donors (Lipinski definition) is 1. The highest BCUT2D eigenvalue weighted by Crippen LogP contribution is 2.26. The number of phenols is 1. The molecule has 106 valence electrons. The Kier molecular flexibility index (Phi) is 5.26. The molecule has 0 saturated carbocycles. The summed E-state index contributed by atoms with van der Waals surface area (Å²) in [4.78, 5) is 2.50. The van der Waals surface area contributed by atoms with Crippen LogP contribution in [0.3, 0.4) is 0 Å². The Bertz CT molecular complexity index is 402. The molecule has 1 aliphatic rings. The van der Waals surface area contributed by atoms with Crippen LogP contribution < -0.4 is 0 Å². The monoisotopic (exact) mass is 261 g/mol. The SMILES string of the molecule is CCCC1CCCN(Cc2cccc(C)c2O)CC1. The normalized spacial score (nSPS) is 21.3. The Morgan fingerprint density at radius 2 is 2.11 bits per heavy atom. The van der Waals surface area contributed by atoms with Gasteiger partial charge in [0.15, 0.2) is 0 Å². The maximum atomic E-state index is 10.1. The van der Waals surface area contributed by atoms with E-state index in [-0.39, 0.29) is 0 Å². The van der Waals surface area contributed by atoms with Crippen molar-refractivity contribution in [2.45, 2.75) is 52.5 Å². The van der Waals surface area contributed by atoms with E-state index in [0.717, 1.165) is 23.6 Å². The molecule has 0 amide bonds. The van der Waals surface area contributed by atoms with Gasteiger partial charge in [-0.05, 0) is 50.8 Å². The van der Waals surface area contributed by atoms with Crippen molar-refractivity contribution in [2.75, 3.05) is 13.1 Å². The summed E-state index contributed by atoms with van der Waals surface area (Å²) in [6.07, 6.45) is 6.69. The summed E-state index contributed by atoms with van der Waals surface area (Å²) in [6.45, 7) is 7.50. The molecular weight excluding hydrogens is 234 g/mol. The first-order chi connectivity index (χ1) is 9.20. The van der Waals surface area contributed by atoms with Crippen molar-refractivity contribution in [1.29, 1.82) is 0 Å². The van der Waals surface area contributed by atoms with Crippen molar-refractivity contribution in [3.8, 4) is 5.75 Å². The Labute approximate surface area is 117 Å². The summed E-state index contributed by atoms with van der Waals surface area (Å²) in [5.41, 5.74) is 2.06. The van der Waals surface area contributed by atoms with E-state index >= 15 is 0 Å². The highest BCUT2D eigenvalue weighted by atomic mass is 16.3. The van der Waals surface area contributed by atoms with Gasteiger partial charge in [-0.3, -0.25) is 4.90 Å². The summed E-state index contributed by atoms with van der Waals surface area (Å²) >= 11 is 0. The molecule has 19 heavy (non-hydrogen) atoms. The van der Waals surface area contributed by atoms with Crippen LogP contribution in [-0.2, 0) is 6.54 Å². The fourth-order valence-electron chi connectivity index (χ4n) is 3.17. The number of hydrogen-bond acceptors (Lipinski definition) is 2. The van der Waals surface area contributed by atoms with Crippen molar-refractivity contribution in [2.24, 2.45) is 5.92 Å². The highest BCUT2D eigenvalue weighted by molar-refractivity contribution is 5.39. The molecule has 1 unspecified atom stereocenters. The zero-order chi connectivity index (χ0) is 13.7. The van der Waals surface area contributed by atoms with Gasteiger partial charge in [-0.15, -0.1) is 0 Å². The molecule has 1 saturated heterocycles. The van der Waals surface area contributed by atoms with Crippen molar-refractivity contribution in [1.82, 2.24) is 4.90 Å². The first-order valence-electron chi connectivity index (χ1n) is 7.70. The van der Waals surface area contributed by atoms with Crippen LogP contribution in [0.4, 0.5) is 0 Å². The zero-order valence-electron chi connectivity index (χ0n) is 12.4. The molecule has 1 aliphatic heterocycles. The van der Waals surface area contributed by atoms with Crippen LogP contribution in [0.15, 0.2) is 18.2 Å². The highest BCUT2D eigenvalue weighted by Gasteiger charge is 2.17. The van der Waals surface area contributed by atoms with Gasteiger partial charge in [0, 0.05) is 12.1 Å². The molecule has 0 spiro atoms. The van der Waals surface area contributed by atoms with Gasteiger partial charge in [-0.1, -0.05) is 38.0 Å². The third-order valence-electron chi connectivity index (χ3n) is 4.35. The molecule has 1 fully saturated rings. The maximum absolute atomic E-state index is 10.1. The van der Waals surface area contributed by atoms with E-state index in [9.17, 15) is 5.11 Å². The van der Waals surface area contributed by atoms with E-state index in [2.05, 4.69) is 17.9 Å². The minimum Gasteiger partial charge on any atom is -0.507 e. The van der Waals surface area contributed by atoms with E-state index in [1.54, 1.807) is 0 Å². The molecule has 2 heteroatoms. The van der Waals surface area contributed by atoms with Gasteiger partial charge in [-0.2, -0.15) is 0 Å². The number of benzene rings is 1. The summed E-state index contributed by atoms with van der Waals surface area (Å²) in [5, 5.41) is 10.1. The molecule has 1 aromatic rings. The van der Waals surface area contributed by atoms with Gasteiger partial charge in [0.25, 0.3) is 0 Å². The third kappa shape index (κ3) is 3.97. The Balaban J connectivity index is 1.94. The Morgan fingerprint density at radius 3 is 2.89 bits per heavy atom. The topological polar surface area (TPSA) is 23.5 Å². The van der Waals surface area contributed by atoms with Crippen LogP contribution in [0.2, 0.25) is 0 Å². The summed E-state index contributed by atoms with van der Waals surface area (Å²) in [6, 6.07) is 6.07. The smallest absolute Gasteiger partial charge is 0.122 e. The zero-order valence-corrected chi connectivity index (χ0v) is 12.4. The fraction of sp³-hybridized carbons (Fsp3) is 0.647. The number of aromatic hydroxyl groups is 1. The van der Waals surface area contributed by atoms with Gasteiger partial charge in [0.2, 0.25) is 0 Å². The van der Waals surface area contributed by atoms with Gasteiger partial charge in [-0.25, -0.2) is 0 Å². The molecule has 1 aromatic carbocycles. The quantitative estimate of drug-likeness (QED) is 0.882. The minimum atomic E-state index is 0.483. The standard InChI is InChI=1S/C17H27NO/c1-3-6-15-8-5-11-18(12-10-15)13-16-9-4-7-14(2)17(16)19/h4,7,9,15,19H,3,5-6,8,10-13H2,1-2H3. The van der Waals surface area contributed by atoms with Crippen LogP contribution in [0, 0.1) is 12.8 Å². The number of phenolic OH excluding ortho intramolecular Hbond substituents is 1. The van der Waals surface area contributed by atoms with Gasteiger partial charge < -0.3 is 5.11 Å². The second kappa shape index (κ2) is 6.95. The van der Waals surface area contributed by atoms with Gasteiger partial charge in [0.1, 0.15) is 5.75 Å². The Morgan fingerprint density at radius 1 is 1.26 bits per heavy atom. The second-order valence-corrected chi connectivity index (χ2v) is 5.94. The number of aryl methyl sites for hydroxylation is 1. The number of likely N-dealkylation sites (tertiary alicyclic amines) is 1. The number of para-hydroxylation sites is 1. The van der Waals surface area contributed by atoms with Crippen LogP contribution in [0.1, 0.15) is 50.2 Å². The summed E-state index contributed by atoms with van der Waals surface area (Å²) < 4.78 is 0. The molecule has 1 atom stereocenters. The predicted octanol–water partition coefficient (Wildman–Crippen LogP) is 4.10. The van der Waals surface area contributed by atoms with Crippen LogP contribution in [0.25, 0.3) is 0 Å². The van der Waals surface area contributed by atoms with E-state index in [0.29, 0.717) is 5.75 Å². The van der Waals surface area contributed by atoms with Crippen molar-refractivity contribution in [3.63, 3.8) is 0 Å². The van der Waals surface area contributed by atoms with Crippen LogP contribution >= 0.6 is 0 Å². The van der Waals surface area contributed by atoms with Crippen LogP contribution in [-0.4, -0.2) is 23.1 Å². The van der Waals surface area contributed by atoms with Gasteiger partial charge >= 0.3 is 0 Å². The van der Waals surface area contributed by atoms with Gasteiger partial charge in [0.05, 0.1) is 0 Å². The first kappa shape index (κ1) is 14.4. The summed E-state index contributed by atoms with van der Waals surface area (Å²) in [7, 11) is 0. The summed E-state index contributed by atoms with van der Waals surface area (Å²) in [5.74, 6) is 1.40. The third-order valence-corrected chi connectivity index (χ3v) is 4.35. The molecule has 1 heterocycles. The molecule has 0 aliphatic carbocycles. The molecule has 0 bridgehead atoms. The largest absolute Gasteiger partial charge is 0.507 e. The van der Waals surface area contributed by atoms with Crippen molar-refractivity contribution in [3.05, 3.63) is 29.3 Å². The fourth-order valence-corrected chi connectivity index (χ4v) is 3.17. The average molecular weight is 261 g/mol. The molecule has 0 aromatic heterocycles. The molecule has 1 N–H and O–H groups in total.